The molecule has 0 aliphatic rings. The van der Waals surface area contributed by atoms with Crippen LogP contribution in [0.1, 0.15) is 6.92 Å². The van der Waals surface area contributed by atoms with Gasteiger partial charge in [-0.25, -0.2) is 4.98 Å². The Labute approximate surface area is 120 Å². The normalized spacial score (nSPS) is 11.1. The summed E-state index contributed by atoms with van der Waals surface area (Å²) in [6.45, 7) is 2.70. The fourth-order valence-electron chi connectivity index (χ4n) is 2.34. The average molecular weight is 289 g/mol. The average Bonchev–Trinajstić information content (AvgIpc) is 2.79. The minimum atomic E-state index is -0.163. The van der Waals surface area contributed by atoms with Crippen LogP contribution < -0.4 is 0 Å². The molecule has 0 saturated carbocycles. The zero-order chi connectivity index (χ0) is 14.3. The van der Waals surface area contributed by atoms with Crippen molar-refractivity contribution in [2.75, 3.05) is 0 Å². The minimum absolute atomic E-state index is 0.157. The summed E-state index contributed by atoms with van der Waals surface area (Å²) in [6.07, 6.45) is 0. The van der Waals surface area contributed by atoms with Crippen LogP contribution >= 0.6 is 11.6 Å². The summed E-state index contributed by atoms with van der Waals surface area (Å²) in [5.74, 6) is 0.289. The number of hydrogen-bond acceptors (Lipinski definition) is 3. The molecule has 0 radical (unpaired) electrons. The van der Waals surface area contributed by atoms with Gasteiger partial charge in [0.25, 0.3) is 0 Å². The number of aromatic hydroxyl groups is 2. The number of rotatable bonds is 2. The highest BCUT2D eigenvalue weighted by Gasteiger charge is 2.16. The fourth-order valence-corrected chi connectivity index (χ4v) is 2.51. The van der Waals surface area contributed by atoms with Crippen LogP contribution in [-0.2, 0) is 6.54 Å². The number of nitrogens with zero attached hydrogens (tertiary/aromatic N) is 2. The summed E-state index contributed by atoms with van der Waals surface area (Å²) in [5, 5.41) is 20.3. The van der Waals surface area contributed by atoms with Crippen molar-refractivity contribution in [3.63, 3.8) is 0 Å². The minimum Gasteiger partial charge on any atom is -0.504 e. The maximum absolute atomic E-state index is 10.0. The van der Waals surface area contributed by atoms with Gasteiger partial charge in [0.05, 0.1) is 16.6 Å². The molecule has 3 rings (SSSR count). The number of aromatic nitrogens is 2. The van der Waals surface area contributed by atoms with Gasteiger partial charge in [-0.3, -0.25) is 0 Å². The summed E-state index contributed by atoms with van der Waals surface area (Å²) in [7, 11) is 0. The lowest BCUT2D eigenvalue weighted by Crippen LogP contribution is -1.97. The van der Waals surface area contributed by atoms with Crippen LogP contribution in [0.4, 0.5) is 0 Å². The van der Waals surface area contributed by atoms with Crippen molar-refractivity contribution in [1.82, 2.24) is 9.55 Å². The zero-order valence-electron chi connectivity index (χ0n) is 10.8. The summed E-state index contributed by atoms with van der Waals surface area (Å²) in [4.78, 5) is 4.52. The van der Waals surface area contributed by atoms with E-state index < -0.39 is 0 Å². The Hall–Kier alpha value is -2.20. The summed E-state index contributed by atoms with van der Waals surface area (Å²) < 4.78 is 1.97. The van der Waals surface area contributed by atoms with Crippen LogP contribution in [0.15, 0.2) is 36.4 Å². The molecule has 0 fully saturated rings. The van der Waals surface area contributed by atoms with Gasteiger partial charge in [-0.15, -0.1) is 0 Å². The van der Waals surface area contributed by atoms with Crippen molar-refractivity contribution < 1.29 is 10.2 Å². The summed E-state index contributed by atoms with van der Waals surface area (Å²) in [5.41, 5.74) is 2.20. The molecule has 0 aliphatic heterocycles. The monoisotopic (exact) mass is 288 g/mol. The number of aryl methyl sites for hydroxylation is 1. The Balaban J connectivity index is 2.33. The predicted octanol–water partition coefficient (Wildman–Crippen LogP) is 3.79. The Bertz CT molecular complexity index is 796. The van der Waals surface area contributed by atoms with Crippen LogP contribution in [0.3, 0.4) is 0 Å². The van der Waals surface area contributed by atoms with E-state index in [1.807, 2.05) is 23.6 Å². The number of phenols is 2. The van der Waals surface area contributed by atoms with Gasteiger partial charge in [-0.1, -0.05) is 17.7 Å². The second kappa shape index (κ2) is 4.72. The van der Waals surface area contributed by atoms with Crippen molar-refractivity contribution >= 4 is 22.6 Å². The van der Waals surface area contributed by atoms with Crippen molar-refractivity contribution in [2.24, 2.45) is 0 Å². The fraction of sp³-hybridized carbons (Fsp3) is 0.133. The Kier molecular flexibility index (Phi) is 3.03. The van der Waals surface area contributed by atoms with E-state index in [2.05, 4.69) is 4.98 Å². The van der Waals surface area contributed by atoms with E-state index >= 15 is 0 Å². The largest absolute Gasteiger partial charge is 0.504 e. The number of imidazole rings is 1. The van der Waals surface area contributed by atoms with Gasteiger partial charge >= 0.3 is 0 Å². The quantitative estimate of drug-likeness (QED) is 0.705. The van der Waals surface area contributed by atoms with E-state index in [0.29, 0.717) is 23.0 Å². The molecule has 3 aromatic rings. The van der Waals surface area contributed by atoms with E-state index in [-0.39, 0.29) is 11.5 Å². The molecule has 1 aromatic heterocycles. The van der Waals surface area contributed by atoms with E-state index in [1.165, 1.54) is 6.07 Å². The maximum Gasteiger partial charge on any atom is 0.168 e. The van der Waals surface area contributed by atoms with Gasteiger partial charge in [0.2, 0.25) is 0 Å². The van der Waals surface area contributed by atoms with E-state index in [4.69, 9.17) is 11.6 Å². The van der Waals surface area contributed by atoms with Crippen molar-refractivity contribution in [3.8, 4) is 22.9 Å². The van der Waals surface area contributed by atoms with Gasteiger partial charge in [0, 0.05) is 11.6 Å². The molecule has 0 atom stereocenters. The molecule has 0 amide bonds. The first-order valence-electron chi connectivity index (χ1n) is 6.29. The third kappa shape index (κ3) is 1.89. The van der Waals surface area contributed by atoms with E-state index in [9.17, 15) is 10.2 Å². The summed E-state index contributed by atoms with van der Waals surface area (Å²) in [6, 6.07) is 10.3. The highest BCUT2D eigenvalue weighted by atomic mass is 35.5. The van der Waals surface area contributed by atoms with Crippen molar-refractivity contribution in [3.05, 3.63) is 41.4 Å². The highest BCUT2D eigenvalue weighted by molar-refractivity contribution is 6.31. The van der Waals surface area contributed by atoms with Crippen LogP contribution in [-0.4, -0.2) is 19.8 Å². The molecule has 0 spiro atoms. The molecule has 0 bridgehead atoms. The zero-order valence-corrected chi connectivity index (χ0v) is 11.6. The molecule has 0 saturated heterocycles. The molecule has 2 N–H and O–H groups in total. The van der Waals surface area contributed by atoms with Gasteiger partial charge in [-0.05, 0) is 37.3 Å². The molecule has 1 heterocycles. The van der Waals surface area contributed by atoms with Crippen LogP contribution in [0.2, 0.25) is 5.02 Å². The first-order chi connectivity index (χ1) is 9.61. The third-order valence-corrected chi connectivity index (χ3v) is 3.52. The lowest BCUT2D eigenvalue weighted by molar-refractivity contribution is 0.405. The SMILES string of the molecule is CCn1c(-c2cccc(O)c2O)nc2cc(Cl)ccc21. The molecular weight excluding hydrogens is 276 g/mol. The first-order valence-corrected chi connectivity index (χ1v) is 6.66. The number of para-hydroxylation sites is 1. The maximum atomic E-state index is 10.0. The lowest BCUT2D eigenvalue weighted by atomic mass is 10.1. The van der Waals surface area contributed by atoms with Gasteiger partial charge < -0.3 is 14.8 Å². The van der Waals surface area contributed by atoms with Gasteiger partial charge in [0.15, 0.2) is 11.5 Å². The molecule has 4 nitrogen and oxygen atoms in total. The van der Waals surface area contributed by atoms with Crippen LogP contribution in [0.25, 0.3) is 22.4 Å². The molecule has 102 valence electrons. The summed E-state index contributed by atoms with van der Waals surface area (Å²) >= 11 is 5.99. The molecule has 0 unspecified atom stereocenters. The molecular formula is C15H13ClN2O2. The van der Waals surface area contributed by atoms with Gasteiger partial charge in [0.1, 0.15) is 5.82 Å². The molecule has 0 aliphatic carbocycles. The van der Waals surface area contributed by atoms with Crippen molar-refractivity contribution in [1.29, 1.82) is 0 Å². The first kappa shape index (κ1) is 12.8. The van der Waals surface area contributed by atoms with Crippen LogP contribution in [0.5, 0.6) is 11.5 Å². The number of fused-ring (bicyclic) bond motifs is 1. The molecule has 2 aromatic carbocycles. The number of hydrogen-bond donors (Lipinski definition) is 2. The topological polar surface area (TPSA) is 58.3 Å². The highest BCUT2D eigenvalue weighted by Crippen LogP contribution is 2.37. The Morgan fingerprint density at radius 1 is 1.20 bits per heavy atom. The van der Waals surface area contributed by atoms with Crippen LogP contribution in [0, 0.1) is 0 Å². The van der Waals surface area contributed by atoms with E-state index in [0.717, 1.165) is 11.0 Å². The lowest BCUT2D eigenvalue weighted by Gasteiger charge is -2.08. The Morgan fingerprint density at radius 2 is 2.00 bits per heavy atom. The Morgan fingerprint density at radius 3 is 2.75 bits per heavy atom. The number of phenolic OH excluding ortho intramolecular Hbond substituents is 2. The predicted molar refractivity (Wildman–Crippen MR) is 79.2 cm³/mol. The standard InChI is InChI=1S/C15H13ClN2O2/c1-2-18-12-7-6-9(16)8-11(12)17-15(18)10-4-3-5-13(19)14(10)20/h3-8,19-20H,2H2,1H3. The number of halogens is 1. The smallest absolute Gasteiger partial charge is 0.168 e. The second-order valence-corrected chi connectivity index (χ2v) is 4.92. The van der Waals surface area contributed by atoms with E-state index in [1.54, 1.807) is 18.2 Å². The van der Waals surface area contributed by atoms with Crippen molar-refractivity contribution in [2.45, 2.75) is 13.5 Å². The third-order valence-electron chi connectivity index (χ3n) is 3.28. The molecule has 5 heteroatoms. The second-order valence-electron chi connectivity index (χ2n) is 4.49. The molecule has 20 heavy (non-hydrogen) atoms. The number of benzene rings is 2. The van der Waals surface area contributed by atoms with Gasteiger partial charge in [-0.2, -0.15) is 0 Å².